The molecule has 144 valence electrons. The van der Waals surface area contributed by atoms with E-state index >= 15 is 0 Å². The van der Waals surface area contributed by atoms with Crippen LogP contribution in [0.4, 0.5) is 4.79 Å². The lowest BCUT2D eigenvalue weighted by atomic mass is 9.73. The number of β-amino-alcohol motifs (C(OH)–C–C–N with tert-alkyl or cyclic N) is 1. The first-order valence-electron chi connectivity index (χ1n) is 8.45. The minimum Gasteiger partial charge on any atom is -0.480 e. The number of carboxylic acid groups (broad SMARTS) is 2. The molecule has 0 aromatic heterocycles. The Kier molecular flexibility index (Phi) is 6.47. The third-order valence-electron chi connectivity index (χ3n) is 5.73. The highest BCUT2D eigenvalue weighted by Crippen LogP contribution is 2.45. The maximum Gasteiger partial charge on any atom is 0.408 e. The van der Waals surface area contributed by atoms with Gasteiger partial charge in [0.25, 0.3) is 0 Å². The molecule has 1 aliphatic rings. The van der Waals surface area contributed by atoms with E-state index < -0.39 is 37.9 Å². The highest BCUT2D eigenvalue weighted by molar-refractivity contribution is 6.74. The van der Waals surface area contributed by atoms with Crippen molar-refractivity contribution in [2.75, 3.05) is 13.2 Å². The molecule has 1 heterocycles. The zero-order valence-corrected chi connectivity index (χ0v) is 16.8. The summed E-state index contributed by atoms with van der Waals surface area (Å²) in [5.41, 5.74) is -1.13. The van der Waals surface area contributed by atoms with Gasteiger partial charge in [0.15, 0.2) is 8.32 Å². The van der Waals surface area contributed by atoms with E-state index in [1.165, 1.54) is 6.08 Å². The summed E-state index contributed by atoms with van der Waals surface area (Å²) in [6, 6.07) is -1.32. The number of carboxylic acids is 1. The number of aliphatic hydroxyl groups is 1. The molecular formula is C17H31NO6Si. The average molecular weight is 374 g/mol. The van der Waals surface area contributed by atoms with Crippen LogP contribution >= 0.6 is 0 Å². The van der Waals surface area contributed by atoms with E-state index in [1.807, 2.05) is 0 Å². The summed E-state index contributed by atoms with van der Waals surface area (Å²) < 4.78 is 6.13. The summed E-state index contributed by atoms with van der Waals surface area (Å²) >= 11 is 0. The Morgan fingerprint density at radius 2 is 1.92 bits per heavy atom. The van der Waals surface area contributed by atoms with Gasteiger partial charge >= 0.3 is 12.1 Å². The number of amides is 1. The number of aliphatic carboxylic acids is 1. The molecule has 1 aliphatic heterocycles. The van der Waals surface area contributed by atoms with Crippen molar-refractivity contribution in [3.63, 3.8) is 0 Å². The van der Waals surface area contributed by atoms with Crippen molar-refractivity contribution >= 4 is 20.4 Å². The molecule has 3 atom stereocenters. The van der Waals surface area contributed by atoms with E-state index in [1.54, 1.807) is 0 Å². The van der Waals surface area contributed by atoms with Crippen LogP contribution in [0.2, 0.25) is 18.1 Å². The van der Waals surface area contributed by atoms with Crippen molar-refractivity contribution in [3.8, 4) is 0 Å². The average Bonchev–Trinajstić information content (AvgIpc) is 2.71. The van der Waals surface area contributed by atoms with E-state index in [4.69, 9.17) is 4.43 Å². The van der Waals surface area contributed by atoms with Crippen LogP contribution in [-0.4, -0.2) is 65.9 Å². The van der Waals surface area contributed by atoms with Crippen LogP contribution in [0, 0.1) is 5.41 Å². The maximum atomic E-state index is 11.8. The van der Waals surface area contributed by atoms with Gasteiger partial charge in [-0.3, -0.25) is 4.90 Å². The van der Waals surface area contributed by atoms with Crippen LogP contribution in [0.15, 0.2) is 12.7 Å². The lowest BCUT2D eigenvalue weighted by Crippen LogP contribution is -2.50. The Hall–Kier alpha value is -1.38. The molecular weight excluding hydrogens is 342 g/mol. The second-order valence-electron chi connectivity index (χ2n) is 8.28. The number of hydrogen-bond acceptors (Lipinski definition) is 4. The van der Waals surface area contributed by atoms with Crippen LogP contribution in [0.3, 0.4) is 0 Å². The van der Waals surface area contributed by atoms with Gasteiger partial charge in [-0.25, -0.2) is 9.59 Å². The fourth-order valence-electron chi connectivity index (χ4n) is 3.17. The molecule has 1 unspecified atom stereocenters. The van der Waals surface area contributed by atoms with Gasteiger partial charge in [-0.15, -0.1) is 6.58 Å². The molecule has 7 nitrogen and oxygen atoms in total. The predicted octanol–water partition coefficient (Wildman–Crippen LogP) is 2.77. The van der Waals surface area contributed by atoms with Gasteiger partial charge in [0.2, 0.25) is 0 Å². The van der Waals surface area contributed by atoms with Crippen molar-refractivity contribution < 1.29 is 29.3 Å². The Bertz CT molecular complexity index is 530. The standard InChI is InChI=1S/C17H31NO6Si/c1-7-8-17(9-10-24-25(5,6)16(2,3)4)12(19)11-18(15(22)23)13(17)14(20)21/h7,12-13,19H,1,8-11H2,2-6H3,(H,20,21)(H,22,23)/t12?,13-,17+/m1/s1. The highest BCUT2D eigenvalue weighted by atomic mass is 28.4. The minimum absolute atomic E-state index is 0.00614. The number of allylic oxidation sites excluding steroid dienone is 1. The van der Waals surface area contributed by atoms with Gasteiger partial charge in [-0.2, -0.15) is 0 Å². The SMILES string of the molecule is C=CC[C@]1(CCO[Si](C)(C)C(C)(C)C)C(O)CN(C(=O)O)[C@@H]1C(=O)O. The van der Waals surface area contributed by atoms with Crippen LogP contribution in [-0.2, 0) is 9.22 Å². The quantitative estimate of drug-likeness (QED) is 0.468. The second-order valence-corrected chi connectivity index (χ2v) is 13.1. The Balaban J connectivity index is 3.08. The fraction of sp³-hybridized carbons (Fsp3) is 0.765. The predicted molar refractivity (Wildman–Crippen MR) is 97.2 cm³/mol. The summed E-state index contributed by atoms with van der Waals surface area (Å²) in [5, 5.41) is 29.5. The summed E-state index contributed by atoms with van der Waals surface area (Å²) in [7, 11) is -2.03. The van der Waals surface area contributed by atoms with Crippen molar-refractivity contribution in [3.05, 3.63) is 12.7 Å². The Morgan fingerprint density at radius 3 is 2.32 bits per heavy atom. The maximum absolute atomic E-state index is 11.8. The van der Waals surface area contributed by atoms with E-state index in [9.17, 15) is 24.9 Å². The van der Waals surface area contributed by atoms with Gasteiger partial charge in [-0.05, 0) is 31.0 Å². The molecule has 0 radical (unpaired) electrons. The van der Waals surface area contributed by atoms with E-state index in [0.29, 0.717) is 0 Å². The molecule has 1 rings (SSSR count). The molecule has 0 aromatic rings. The topological polar surface area (TPSA) is 107 Å². The van der Waals surface area contributed by atoms with Crippen LogP contribution in [0.25, 0.3) is 0 Å². The molecule has 1 saturated heterocycles. The fourth-order valence-corrected chi connectivity index (χ4v) is 4.21. The molecule has 0 aromatic carbocycles. The van der Waals surface area contributed by atoms with Crippen molar-refractivity contribution in [1.82, 2.24) is 4.90 Å². The third-order valence-corrected chi connectivity index (χ3v) is 10.3. The summed E-state index contributed by atoms with van der Waals surface area (Å²) in [6.45, 7) is 14.2. The minimum atomic E-state index is -2.03. The highest BCUT2D eigenvalue weighted by Gasteiger charge is 2.58. The summed E-state index contributed by atoms with van der Waals surface area (Å²) in [6.07, 6.45) is -0.423. The Morgan fingerprint density at radius 1 is 1.36 bits per heavy atom. The zero-order valence-electron chi connectivity index (χ0n) is 15.8. The van der Waals surface area contributed by atoms with Gasteiger partial charge in [0, 0.05) is 12.0 Å². The molecule has 3 N–H and O–H groups in total. The van der Waals surface area contributed by atoms with Crippen molar-refractivity contribution in [1.29, 1.82) is 0 Å². The number of rotatable bonds is 7. The number of hydrogen-bond donors (Lipinski definition) is 3. The van der Waals surface area contributed by atoms with Crippen LogP contribution < -0.4 is 0 Å². The van der Waals surface area contributed by atoms with Gasteiger partial charge in [0.1, 0.15) is 6.04 Å². The third kappa shape index (κ3) is 4.24. The van der Waals surface area contributed by atoms with Gasteiger partial charge in [-0.1, -0.05) is 26.8 Å². The van der Waals surface area contributed by atoms with Crippen LogP contribution in [0.1, 0.15) is 33.6 Å². The molecule has 8 heteroatoms. The smallest absolute Gasteiger partial charge is 0.408 e. The number of likely N-dealkylation sites (tertiary alicyclic amines) is 1. The largest absolute Gasteiger partial charge is 0.480 e. The van der Waals surface area contributed by atoms with Crippen LogP contribution in [0.5, 0.6) is 0 Å². The normalized spacial score (nSPS) is 27.4. The lowest BCUT2D eigenvalue weighted by molar-refractivity contribution is -0.146. The molecule has 0 bridgehead atoms. The second kappa shape index (κ2) is 7.47. The first kappa shape index (κ1) is 21.7. The molecule has 25 heavy (non-hydrogen) atoms. The lowest BCUT2D eigenvalue weighted by Gasteiger charge is -2.39. The Labute approximate surface area is 150 Å². The van der Waals surface area contributed by atoms with E-state index in [-0.39, 0.29) is 31.0 Å². The molecule has 1 amide bonds. The molecule has 1 fully saturated rings. The first-order chi connectivity index (χ1) is 11.3. The molecule has 0 spiro atoms. The van der Waals surface area contributed by atoms with Crippen molar-refractivity contribution in [2.45, 2.75) is 63.9 Å². The van der Waals surface area contributed by atoms with E-state index in [0.717, 1.165) is 4.90 Å². The summed E-state index contributed by atoms with van der Waals surface area (Å²) in [5.74, 6) is -1.26. The summed E-state index contributed by atoms with van der Waals surface area (Å²) in [4.78, 5) is 24.0. The van der Waals surface area contributed by atoms with Gasteiger partial charge < -0.3 is 19.7 Å². The molecule has 0 aliphatic carbocycles. The van der Waals surface area contributed by atoms with Crippen molar-refractivity contribution in [2.24, 2.45) is 5.41 Å². The van der Waals surface area contributed by atoms with Gasteiger partial charge in [0.05, 0.1) is 12.6 Å². The zero-order chi connectivity index (χ0) is 19.6. The monoisotopic (exact) mass is 373 g/mol. The molecule has 0 saturated carbocycles. The first-order valence-corrected chi connectivity index (χ1v) is 11.4. The number of carbonyl (C=O) groups is 2. The number of aliphatic hydroxyl groups excluding tert-OH is 1. The number of nitrogens with zero attached hydrogens (tertiary/aromatic N) is 1. The van der Waals surface area contributed by atoms with E-state index in [2.05, 4.69) is 40.4 Å².